The molecule has 0 aromatic rings. The summed E-state index contributed by atoms with van der Waals surface area (Å²) in [4.78, 5) is 0. The molecule has 0 saturated heterocycles. The summed E-state index contributed by atoms with van der Waals surface area (Å²) >= 11 is 0. The molecule has 0 radical (unpaired) electrons. The van der Waals surface area contributed by atoms with E-state index >= 15 is 0 Å². The molecule has 0 aliphatic heterocycles. The minimum absolute atomic E-state index is 0. The van der Waals surface area contributed by atoms with E-state index in [2.05, 4.69) is 0 Å². The van der Waals surface area contributed by atoms with Gasteiger partial charge in [-0.05, 0) is 0 Å². The molecule has 0 N–H and O–H groups in total. The number of nitrogens with zero attached hydrogens (tertiary/aromatic N) is 30. The van der Waals surface area contributed by atoms with E-state index in [1.807, 2.05) is 0 Å². The summed E-state index contributed by atoms with van der Waals surface area (Å²) in [5.74, 6) is 0. The Hall–Kier alpha value is -11.6. The fourth-order valence-corrected chi connectivity index (χ4v) is 0. The molecule has 0 amide bonds. The van der Waals surface area contributed by atoms with Crippen LogP contribution in [0.5, 0.6) is 0 Å². The Labute approximate surface area is 462 Å². The van der Waals surface area contributed by atoms with Gasteiger partial charge in [0.15, 0.2) is 0 Å². The average molecular weight is 1770 g/mol. The summed E-state index contributed by atoms with van der Waals surface area (Å²) in [6.45, 7) is 142. The van der Waals surface area contributed by atoms with Crippen LogP contribution < -0.4 is 0 Å². The van der Waals surface area contributed by atoms with Crippen LogP contribution in [0.15, 0.2) is 0 Å². The van der Waals surface area contributed by atoms with E-state index in [0.29, 0.717) is 0 Å². The maximum absolute atomic E-state index is 6.25. The quantitative estimate of drug-likeness (QED) is 0.248. The Balaban J connectivity index is -0.00000000433. The summed E-state index contributed by atoms with van der Waals surface area (Å²) in [6.07, 6.45) is 0. The van der Waals surface area contributed by atoms with Gasteiger partial charge in [0.1, 0.15) is 0 Å². The number of rotatable bonds is 0. The zero-order valence-electron chi connectivity index (χ0n) is 29.9. The Morgan fingerprint density at radius 1 is 0.0615 bits per heavy atom. The minimum Gasteiger partial charge on any atom is -0.512 e. The second-order valence-corrected chi connectivity index (χ2v) is 0. The van der Waals surface area contributed by atoms with E-state index in [1.165, 1.54) is 0 Å². The minimum atomic E-state index is 0. The van der Waals surface area contributed by atoms with E-state index in [9.17, 15) is 0 Å². The van der Waals surface area contributed by atoms with Gasteiger partial charge in [0.25, 0.3) is 0 Å². The van der Waals surface area contributed by atoms with Gasteiger partial charge in [-0.2, -0.15) is 0 Å². The average Bonchev–Trinajstić information content (AvgIpc) is 3.50. The van der Waals surface area contributed by atoms with Gasteiger partial charge in [-0.1, -0.05) is 0 Å². The molecule has 0 aromatic heterocycles. The Bertz CT molecular complexity index is 670. The normalized spacial score (nSPS) is 0.923. The zero-order valence-corrected chi connectivity index (χ0v) is 40.8. The maximum Gasteiger partial charge on any atom is 3.00 e. The summed E-state index contributed by atoms with van der Waals surface area (Å²) in [5.41, 5.74) is 0. The van der Waals surface area contributed by atoms with E-state index in [4.69, 9.17) is 355 Å². The SMILES string of the molecule is [Au+3].[Au+3].[Au+3].[Au+3].[Au+3].[C-]#N.[C-]#N.[C-]#N.[C-]#N.[C-]#N.[C-]#N.[C-]#N.[C-]#N.[C-]#N.[C-]#N.[C-]#N.[C-]#N.[C-]#N.[C-]#N.[C-]#N.[C-]#N.[C-]#N.[C-]#N.[C-]#N.[C-]#N.[C-]#N.[C-]#N.[C-]#N.[C-]#N.[C-]#N.[C-]#N.[C-]#N.[C-]#N.[C-]#N.[C-]#N. The number of hydrogen-bond donors (Lipinski definition) is 0. The van der Waals surface area contributed by atoms with Crippen molar-refractivity contribution in [2.45, 2.75) is 0 Å². The zero-order chi connectivity index (χ0) is 60.0. The van der Waals surface area contributed by atoms with Crippen molar-refractivity contribution in [3.05, 3.63) is 197 Å². The number of hydrogen-bond acceptors (Lipinski definition) is 30. The Kier molecular flexibility index (Phi) is 6860. The monoisotopic (exact) mass is 1760 g/mol. The van der Waals surface area contributed by atoms with Crippen molar-refractivity contribution in [1.29, 1.82) is 158 Å². The van der Waals surface area contributed by atoms with Crippen LogP contribution in [-0.2, 0) is 112 Å². The summed E-state index contributed by atoms with van der Waals surface area (Å²) in [5, 5.41) is 188. The smallest absolute Gasteiger partial charge is 0.512 e. The van der Waals surface area contributed by atoms with E-state index in [1.54, 1.807) is 0 Å². The van der Waals surface area contributed by atoms with Crippen LogP contribution >= 0.6 is 0 Å². The molecule has 30 nitrogen and oxygen atoms in total. The molecule has 0 aliphatic rings. The van der Waals surface area contributed by atoms with Crippen molar-refractivity contribution < 1.29 is 112 Å². The summed E-state index contributed by atoms with van der Waals surface area (Å²) in [6, 6.07) is 0. The molecule has 0 saturated carbocycles. The Morgan fingerprint density at radius 3 is 0.0615 bits per heavy atom. The molecule has 0 unspecified atom stereocenters. The fourth-order valence-electron chi connectivity index (χ4n) is 0. The molecule has 0 spiro atoms. The largest absolute Gasteiger partial charge is 3.00 e. The first-order chi connectivity index (χ1) is 30.0. The second-order valence-electron chi connectivity index (χ2n) is 0. The van der Waals surface area contributed by atoms with Gasteiger partial charge in [0.2, 0.25) is 0 Å². The predicted molar refractivity (Wildman–Crippen MR) is 149 cm³/mol. The van der Waals surface area contributed by atoms with Crippen LogP contribution in [0, 0.1) is 355 Å². The molecule has 65 heavy (non-hydrogen) atoms. The molecule has 0 aromatic carbocycles. The molecule has 35 heteroatoms. The van der Waals surface area contributed by atoms with Crippen LogP contribution in [0.1, 0.15) is 0 Å². The fraction of sp³-hybridized carbons (Fsp3) is 0. The molecular weight excluding hydrogens is 1770 g/mol. The summed E-state index contributed by atoms with van der Waals surface area (Å²) < 4.78 is 0. The van der Waals surface area contributed by atoms with Crippen molar-refractivity contribution in [2.24, 2.45) is 0 Å². The second kappa shape index (κ2) is 1030. The van der Waals surface area contributed by atoms with Crippen LogP contribution in [-0.4, -0.2) is 0 Å². The van der Waals surface area contributed by atoms with E-state index in [0.717, 1.165) is 0 Å². The van der Waals surface area contributed by atoms with Gasteiger partial charge in [-0.3, -0.25) is 0 Å². The van der Waals surface area contributed by atoms with Gasteiger partial charge >= 0.3 is 112 Å². The first kappa shape index (κ1) is 433. The van der Waals surface area contributed by atoms with Crippen molar-refractivity contribution in [3.63, 3.8) is 0 Å². The van der Waals surface area contributed by atoms with Crippen molar-refractivity contribution in [3.8, 4) is 0 Å². The van der Waals surface area contributed by atoms with Crippen molar-refractivity contribution >= 4 is 0 Å². The standard InChI is InChI=1S/30CN.5Au/c30*1-2;;;;;/q30*-1;5*+3. The third-order valence-corrected chi connectivity index (χ3v) is 0. The summed E-state index contributed by atoms with van der Waals surface area (Å²) in [7, 11) is 0. The van der Waals surface area contributed by atoms with Crippen LogP contribution in [0.4, 0.5) is 0 Å². The first-order valence-electron chi connectivity index (χ1n) is 6.71. The third kappa shape index (κ3) is 989. The molecule has 0 atom stereocenters. The van der Waals surface area contributed by atoms with Crippen LogP contribution in [0.25, 0.3) is 0 Å². The Morgan fingerprint density at radius 2 is 0.0615 bits per heavy atom. The van der Waals surface area contributed by atoms with Gasteiger partial charge < -0.3 is 355 Å². The first-order valence-corrected chi connectivity index (χ1v) is 6.71. The molecule has 0 heterocycles. The van der Waals surface area contributed by atoms with Crippen molar-refractivity contribution in [2.75, 3.05) is 0 Å². The van der Waals surface area contributed by atoms with Crippen LogP contribution in [0.2, 0.25) is 0 Å². The van der Waals surface area contributed by atoms with Gasteiger partial charge in [-0.25, -0.2) is 0 Å². The van der Waals surface area contributed by atoms with E-state index in [-0.39, 0.29) is 112 Å². The maximum atomic E-state index is 6.25. The van der Waals surface area contributed by atoms with E-state index < -0.39 is 0 Å². The molecule has 340 valence electrons. The molecule has 0 fully saturated rings. The third-order valence-electron chi connectivity index (χ3n) is 0. The van der Waals surface area contributed by atoms with Gasteiger partial charge in [-0.15, -0.1) is 0 Å². The molecule has 0 bridgehead atoms. The molecular formula is C30Au5N30-15. The molecule has 0 aliphatic carbocycles. The van der Waals surface area contributed by atoms with Crippen molar-refractivity contribution in [1.82, 2.24) is 0 Å². The molecule has 0 rings (SSSR count). The topological polar surface area (TPSA) is 714 Å². The predicted octanol–water partition coefficient (Wildman–Crippen LogP) is 2.88. The van der Waals surface area contributed by atoms with Gasteiger partial charge in [0.05, 0.1) is 0 Å². The van der Waals surface area contributed by atoms with Gasteiger partial charge in [0, 0.05) is 0 Å². The van der Waals surface area contributed by atoms with Crippen LogP contribution in [0.3, 0.4) is 0 Å².